The second kappa shape index (κ2) is 6.53. The molecule has 2 rings (SSSR count). The minimum absolute atomic E-state index is 0.0252. The fraction of sp³-hybridized carbons (Fsp3) is 0.133. The van der Waals surface area contributed by atoms with Crippen LogP contribution in [0.2, 0.25) is 5.02 Å². The third-order valence-corrected chi connectivity index (χ3v) is 3.39. The van der Waals surface area contributed by atoms with Gasteiger partial charge in [0.2, 0.25) is 0 Å². The highest BCUT2D eigenvalue weighted by molar-refractivity contribution is 6.32. The van der Waals surface area contributed by atoms with Gasteiger partial charge in [0.1, 0.15) is 10.8 Å². The lowest BCUT2D eigenvalue weighted by Gasteiger charge is -2.17. The summed E-state index contributed by atoms with van der Waals surface area (Å²) in [6, 6.07) is 9.65. The van der Waals surface area contributed by atoms with Crippen LogP contribution in [0, 0.1) is 15.9 Å². The van der Waals surface area contributed by atoms with Crippen LogP contribution >= 0.6 is 11.6 Å². The Morgan fingerprint density at radius 1 is 1.27 bits per heavy atom. The number of nitrogens with zero attached hydrogens (tertiary/aromatic N) is 2. The van der Waals surface area contributed by atoms with Gasteiger partial charge in [-0.25, -0.2) is 4.39 Å². The van der Waals surface area contributed by atoms with Crippen LogP contribution in [0.1, 0.15) is 15.9 Å². The Morgan fingerprint density at radius 2 is 1.91 bits per heavy atom. The number of hydrogen-bond acceptors (Lipinski definition) is 3. The number of rotatable bonds is 4. The molecule has 0 unspecified atom stereocenters. The van der Waals surface area contributed by atoms with Crippen molar-refractivity contribution in [1.82, 2.24) is 4.90 Å². The molecule has 0 aliphatic heterocycles. The fourth-order valence-electron chi connectivity index (χ4n) is 1.94. The Bertz CT molecular complexity index is 719. The van der Waals surface area contributed by atoms with Gasteiger partial charge in [-0.3, -0.25) is 14.9 Å². The molecule has 0 N–H and O–H groups in total. The van der Waals surface area contributed by atoms with Crippen LogP contribution in [0.15, 0.2) is 42.5 Å². The lowest BCUT2D eigenvalue weighted by Crippen LogP contribution is -2.26. The average molecular weight is 323 g/mol. The molecule has 0 radical (unpaired) electrons. The van der Waals surface area contributed by atoms with Crippen molar-refractivity contribution in [1.29, 1.82) is 0 Å². The molecule has 0 heterocycles. The van der Waals surface area contributed by atoms with E-state index in [1.54, 1.807) is 19.2 Å². The zero-order valence-electron chi connectivity index (χ0n) is 11.6. The summed E-state index contributed by atoms with van der Waals surface area (Å²) in [6.45, 7) is 0.259. The van der Waals surface area contributed by atoms with E-state index in [0.29, 0.717) is 0 Å². The number of nitro benzene ring substituents is 1. The maximum Gasteiger partial charge on any atom is 0.288 e. The van der Waals surface area contributed by atoms with Gasteiger partial charge in [0.05, 0.1) is 4.92 Å². The van der Waals surface area contributed by atoms with E-state index in [1.165, 1.54) is 29.2 Å². The maximum atomic E-state index is 12.8. The number of carbonyl (C=O) groups excluding carboxylic acids is 1. The predicted molar refractivity (Wildman–Crippen MR) is 80.3 cm³/mol. The molecule has 1 amide bonds. The van der Waals surface area contributed by atoms with Gasteiger partial charge in [-0.2, -0.15) is 0 Å². The minimum atomic E-state index is -0.640. The number of amides is 1. The first kappa shape index (κ1) is 15.9. The van der Waals surface area contributed by atoms with Crippen molar-refractivity contribution in [2.24, 2.45) is 0 Å². The second-order valence-corrected chi connectivity index (χ2v) is 5.12. The highest BCUT2D eigenvalue weighted by Crippen LogP contribution is 2.25. The van der Waals surface area contributed by atoms with E-state index in [1.807, 2.05) is 0 Å². The summed E-state index contributed by atoms with van der Waals surface area (Å²) in [5.74, 6) is -0.741. The van der Waals surface area contributed by atoms with E-state index in [9.17, 15) is 19.3 Å². The van der Waals surface area contributed by atoms with Crippen LogP contribution in [-0.2, 0) is 6.54 Å². The van der Waals surface area contributed by atoms with Gasteiger partial charge in [0.15, 0.2) is 0 Å². The van der Waals surface area contributed by atoms with Gasteiger partial charge >= 0.3 is 0 Å². The third-order valence-electron chi connectivity index (χ3n) is 3.07. The number of carbonyl (C=O) groups is 1. The quantitative estimate of drug-likeness (QED) is 0.637. The van der Waals surface area contributed by atoms with Gasteiger partial charge < -0.3 is 4.90 Å². The second-order valence-electron chi connectivity index (χ2n) is 4.71. The van der Waals surface area contributed by atoms with Crippen molar-refractivity contribution in [3.8, 4) is 0 Å². The Kier molecular flexibility index (Phi) is 4.72. The fourth-order valence-corrected chi connectivity index (χ4v) is 2.13. The lowest BCUT2D eigenvalue weighted by atomic mass is 10.1. The molecule has 0 saturated carbocycles. The molecule has 7 heteroatoms. The summed E-state index contributed by atoms with van der Waals surface area (Å²) < 4.78 is 12.8. The molecular weight excluding hydrogens is 311 g/mol. The molecule has 2 aromatic rings. The van der Waals surface area contributed by atoms with Gasteiger partial charge in [0, 0.05) is 25.2 Å². The molecule has 114 valence electrons. The third kappa shape index (κ3) is 3.59. The first-order valence-corrected chi connectivity index (χ1v) is 6.70. The van der Waals surface area contributed by atoms with E-state index in [-0.39, 0.29) is 34.5 Å². The van der Waals surface area contributed by atoms with E-state index < -0.39 is 4.92 Å². The first-order valence-electron chi connectivity index (χ1n) is 6.32. The van der Waals surface area contributed by atoms with Crippen LogP contribution in [0.3, 0.4) is 0 Å². The molecule has 0 fully saturated rings. The highest BCUT2D eigenvalue weighted by Gasteiger charge is 2.18. The molecule has 0 aliphatic rings. The molecule has 0 spiro atoms. The topological polar surface area (TPSA) is 63.5 Å². The summed E-state index contributed by atoms with van der Waals surface area (Å²) in [7, 11) is 1.56. The van der Waals surface area contributed by atoms with E-state index in [2.05, 4.69) is 0 Å². The SMILES string of the molecule is CN(Cc1ccc(F)cc1)C(=O)c1ccc(Cl)c([N+](=O)[O-])c1. The highest BCUT2D eigenvalue weighted by atomic mass is 35.5. The first-order chi connectivity index (χ1) is 10.4. The summed E-state index contributed by atoms with van der Waals surface area (Å²) >= 11 is 5.72. The molecule has 0 saturated heterocycles. The molecule has 0 bridgehead atoms. The van der Waals surface area contributed by atoms with E-state index >= 15 is 0 Å². The van der Waals surface area contributed by atoms with E-state index in [0.717, 1.165) is 11.6 Å². The van der Waals surface area contributed by atoms with Crippen molar-refractivity contribution in [3.05, 3.63) is 74.5 Å². The number of hydrogen-bond donors (Lipinski definition) is 0. The van der Waals surface area contributed by atoms with Gasteiger partial charge in [0.25, 0.3) is 11.6 Å². The Labute approximate surface area is 131 Å². The van der Waals surface area contributed by atoms with Gasteiger partial charge in [-0.05, 0) is 29.8 Å². The number of benzene rings is 2. The zero-order chi connectivity index (χ0) is 16.3. The summed E-state index contributed by atoms with van der Waals surface area (Å²) in [5, 5.41) is 10.8. The van der Waals surface area contributed by atoms with Crippen LogP contribution in [0.25, 0.3) is 0 Å². The van der Waals surface area contributed by atoms with Crippen LogP contribution in [0.4, 0.5) is 10.1 Å². The predicted octanol–water partition coefficient (Wildman–Crippen LogP) is 3.66. The molecular formula is C15H12ClFN2O3. The Morgan fingerprint density at radius 3 is 2.50 bits per heavy atom. The zero-order valence-corrected chi connectivity index (χ0v) is 12.4. The smallest absolute Gasteiger partial charge is 0.288 e. The van der Waals surface area contributed by atoms with E-state index in [4.69, 9.17) is 11.6 Å². The van der Waals surface area contributed by atoms with Crippen molar-refractivity contribution in [2.75, 3.05) is 7.05 Å². The minimum Gasteiger partial charge on any atom is -0.337 e. The average Bonchev–Trinajstić information content (AvgIpc) is 2.49. The van der Waals surface area contributed by atoms with Gasteiger partial charge in [-0.15, -0.1) is 0 Å². The van der Waals surface area contributed by atoms with Crippen molar-refractivity contribution >= 4 is 23.2 Å². The largest absolute Gasteiger partial charge is 0.337 e. The van der Waals surface area contributed by atoms with Crippen molar-refractivity contribution in [2.45, 2.75) is 6.54 Å². The maximum absolute atomic E-state index is 12.8. The van der Waals surface area contributed by atoms with Crippen molar-refractivity contribution < 1.29 is 14.1 Å². The summed E-state index contributed by atoms with van der Waals surface area (Å²) in [4.78, 5) is 23.9. The standard InChI is InChI=1S/C15H12ClFN2O3/c1-18(9-10-2-5-12(17)6-3-10)15(20)11-4-7-13(16)14(8-11)19(21)22/h2-8H,9H2,1H3. The lowest BCUT2D eigenvalue weighted by molar-refractivity contribution is -0.384. The molecule has 2 aromatic carbocycles. The monoisotopic (exact) mass is 322 g/mol. The number of halogens is 2. The Hall–Kier alpha value is -2.47. The van der Waals surface area contributed by atoms with Crippen LogP contribution in [0.5, 0.6) is 0 Å². The molecule has 0 aromatic heterocycles. The molecule has 5 nitrogen and oxygen atoms in total. The van der Waals surface area contributed by atoms with Crippen LogP contribution < -0.4 is 0 Å². The Balaban J connectivity index is 2.18. The molecule has 22 heavy (non-hydrogen) atoms. The summed E-state index contributed by atoms with van der Waals surface area (Å²) in [6.07, 6.45) is 0. The molecule has 0 atom stereocenters. The molecule has 0 aliphatic carbocycles. The van der Waals surface area contributed by atoms with Gasteiger partial charge in [-0.1, -0.05) is 23.7 Å². The summed E-state index contributed by atoms with van der Waals surface area (Å²) in [5.41, 5.74) is 0.601. The van der Waals surface area contributed by atoms with Crippen molar-refractivity contribution in [3.63, 3.8) is 0 Å². The van der Waals surface area contributed by atoms with Crippen LogP contribution in [-0.4, -0.2) is 22.8 Å². The normalized spacial score (nSPS) is 10.3. The number of nitro groups is 1.